The van der Waals surface area contributed by atoms with Gasteiger partial charge in [0.1, 0.15) is 11.9 Å². The highest BCUT2D eigenvalue weighted by atomic mass is 19.1. The Bertz CT molecular complexity index is 1450. The number of piperidine rings is 2. The van der Waals surface area contributed by atoms with E-state index >= 15 is 4.39 Å². The number of amides is 4. The molecule has 0 radical (unpaired) electrons. The van der Waals surface area contributed by atoms with Gasteiger partial charge in [-0.1, -0.05) is 0 Å². The van der Waals surface area contributed by atoms with E-state index in [-0.39, 0.29) is 35.2 Å². The van der Waals surface area contributed by atoms with Gasteiger partial charge < -0.3 is 14.9 Å². The molecule has 3 saturated heterocycles. The number of carbonyl (C=O) groups is 5. The number of hydrogen-bond acceptors (Lipinski definition) is 8. The first-order chi connectivity index (χ1) is 20.2. The molecule has 11 nitrogen and oxygen atoms in total. The van der Waals surface area contributed by atoms with Crippen molar-refractivity contribution in [2.75, 3.05) is 55.6 Å². The standard InChI is InChI=1S/C30H32FN5O6/c31-23-15-21-22(29(40)36(28(21)39)24-5-6-26(37)32-27(24)38)16-25(23)35-9-7-18(8-10-35)17-33-11-13-34(14-12-33)20-3-1-19(2-4-20)30(41)42/h1-4,15-16,18,24H,5-14,17H2,(H,41,42)(H,32,37,38). The number of piperazine rings is 1. The van der Waals surface area contributed by atoms with Crippen LogP contribution in [0.2, 0.25) is 0 Å². The maximum absolute atomic E-state index is 15.2. The highest BCUT2D eigenvalue weighted by molar-refractivity contribution is 6.23. The van der Waals surface area contributed by atoms with Crippen molar-refractivity contribution in [2.45, 2.75) is 31.7 Å². The number of hydrogen-bond donors (Lipinski definition) is 2. The van der Waals surface area contributed by atoms with Crippen LogP contribution in [0.5, 0.6) is 0 Å². The summed E-state index contributed by atoms with van der Waals surface area (Å²) in [6.07, 6.45) is 1.80. The predicted molar refractivity (Wildman–Crippen MR) is 150 cm³/mol. The van der Waals surface area contributed by atoms with Gasteiger partial charge in [0.2, 0.25) is 11.8 Å². The molecule has 0 saturated carbocycles. The van der Waals surface area contributed by atoms with Crippen LogP contribution in [-0.4, -0.2) is 96.4 Å². The number of carboxylic acid groups (broad SMARTS) is 1. The molecule has 220 valence electrons. The van der Waals surface area contributed by atoms with Gasteiger partial charge in [0, 0.05) is 57.9 Å². The summed E-state index contributed by atoms with van der Waals surface area (Å²) in [6, 6.07) is 8.40. The van der Waals surface area contributed by atoms with E-state index < -0.39 is 41.5 Å². The topological polar surface area (TPSA) is 131 Å². The number of carboxylic acids is 1. The van der Waals surface area contributed by atoms with E-state index in [4.69, 9.17) is 5.11 Å². The van der Waals surface area contributed by atoms with Gasteiger partial charge in [0.05, 0.1) is 22.4 Å². The molecule has 4 amide bonds. The molecule has 2 aromatic rings. The van der Waals surface area contributed by atoms with Crippen LogP contribution in [-0.2, 0) is 9.59 Å². The first kappa shape index (κ1) is 27.8. The van der Waals surface area contributed by atoms with Gasteiger partial charge in [-0.25, -0.2) is 9.18 Å². The van der Waals surface area contributed by atoms with Crippen molar-refractivity contribution < 1.29 is 33.5 Å². The van der Waals surface area contributed by atoms with Crippen LogP contribution >= 0.6 is 0 Å². The molecule has 4 heterocycles. The number of nitrogens with zero attached hydrogens (tertiary/aromatic N) is 4. The second kappa shape index (κ2) is 11.2. The largest absolute Gasteiger partial charge is 0.478 e. The molecule has 6 rings (SSSR count). The SMILES string of the molecule is O=C1CCC(N2C(=O)c3cc(F)c(N4CCC(CN5CCN(c6ccc(C(=O)O)cc6)CC5)CC4)cc3C2=O)C(=O)N1. The number of halogens is 1. The van der Waals surface area contributed by atoms with E-state index in [2.05, 4.69) is 15.1 Å². The zero-order chi connectivity index (χ0) is 29.5. The minimum absolute atomic E-state index is 0.0242. The van der Waals surface area contributed by atoms with Crippen LogP contribution in [0.1, 0.15) is 56.8 Å². The highest BCUT2D eigenvalue weighted by Crippen LogP contribution is 2.34. The van der Waals surface area contributed by atoms with Gasteiger partial charge in [-0.05, 0) is 61.6 Å². The van der Waals surface area contributed by atoms with Crippen LogP contribution in [0.3, 0.4) is 0 Å². The van der Waals surface area contributed by atoms with Crippen LogP contribution in [0.15, 0.2) is 36.4 Å². The molecule has 0 aliphatic carbocycles. The van der Waals surface area contributed by atoms with Crippen molar-refractivity contribution in [3.8, 4) is 0 Å². The van der Waals surface area contributed by atoms with Gasteiger partial charge in [-0.2, -0.15) is 0 Å². The number of anilines is 2. The number of carbonyl (C=O) groups excluding carboxylic acids is 4. The van der Waals surface area contributed by atoms with E-state index in [9.17, 15) is 24.0 Å². The molecule has 4 aliphatic heterocycles. The fourth-order valence-electron chi connectivity index (χ4n) is 6.45. The number of imide groups is 2. The first-order valence-electron chi connectivity index (χ1n) is 14.3. The van der Waals surface area contributed by atoms with E-state index in [1.54, 1.807) is 12.1 Å². The van der Waals surface area contributed by atoms with Crippen LogP contribution in [0.25, 0.3) is 0 Å². The minimum atomic E-state index is -1.09. The summed E-state index contributed by atoms with van der Waals surface area (Å²) < 4.78 is 15.2. The molecule has 4 aliphatic rings. The van der Waals surface area contributed by atoms with Crippen molar-refractivity contribution in [3.63, 3.8) is 0 Å². The Labute approximate surface area is 241 Å². The molecule has 42 heavy (non-hydrogen) atoms. The Hall–Kier alpha value is -4.32. The van der Waals surface area contributed by atoms with Gasteiger partial charge in [-0.3, -0.25) is 34.3 Å². The number of rotatable bonds is 6. The third-order valence-corrected chi connectivity index (χ3v) is 8.83. The third kappa shape index (κ3) is 5.22. The van der Waals surface area contributed by atoms with Crippen LogP contribution in [0.4, 0.5) is 15.8 Å². The van der Waals surface area contributed by atoms with E-state index in [0.29, 0.717) is 19.0 Å². The number of aromatic carboxylic acids is 1. The van der Waals surface area contributed by atoms with Crippen molar-refractivity contribution in [3.05, 3.63) is 58.9 Å². The Morgan fingerprint density at radius 1 is 0.857 bits per heavy atom. The summed E-state index contributed by atoms with van der Waals surface area (Å²) in [5.74, 6) is -3.56. The van der Waals surface area contributed by atoms with Gasteiger partial charge in [0.15, 0.2) is 0 Å². The average Bonchev–Trinajstić information content (AvgIpc) is 3.22. The minimum Gasteiger partial charge on any atom is -0.478 e. The van der Waals surface area contributed by atoms with Gasteiger partial charge in [0.25, 0.3) is 11.8 Å². The molecule has 1 atom stereocenters. The predicted octanol–water partition coefficient (Wildman–Crippen LogP) is 1.96. The fourth-order valence-corrected chi connectivity index (χ4v) is 6.45. The van der Waals surface area contributed by atoms with Crippen LogP contribution in [0, 0.1) is 11.7 Å². The summed E-state index contributed by atoms with van der Waals surface area (Å²) in [5.41, 5.74) is 1.60. The first-order valence-corrected chi connectivity index (χ1v) is 14.3. The summed E-state index contributed by atoms with van der Waals surface area (Å²) in [6.45, 7) is 5.70. The lowest BCUT2D eigenvalue weighted by Gasteiger charge is -2.40. The molecule has 0 spiro atoms. The Kier molecular flexibility index (Phi) is 7.40. The lowest BCUT2D eigenvalue weighted by atomic mass is 9.95. The summed E-state index contributed by atoms with van der Waals surface area (Å²) in [5, 5.41) is 11.3. The molecule has 2 aromatic carbocycles. The maximum atomic E-state index is 15.2. The second-order valence-electron chi connectivity index (χ2n) is 11.4. The number of nitrogens with one attached hydrogen (secondary N) is 1. The Balaban J connectivity index is 1.04. The molecule has 0 aromatic heterocycles. The lowest BCUT2D eigenvalue weighted by molar-refractivity contribution is -0.136. The zero-order valence-electron chi connectivity index (χ0n) is 23.1. The average molecular weight is 578 g/mol. The molecular formula is C30H32FN5O6. The van der Waals surface area contributed by atoms with E-state index in [1.165, 1.54) is 6.07 Å². The quantitative estimate of drug-likeness (QED) is 0.495. The molecule has 12 heteroatoms. The summed E-state index contributed by atoms with van der Waals surface area (Å²) in [4.78, 5) is 68.5. The molecule has 0 bridgehead atoms. The molecule has 3 fully saturated rings. The fraction of sp³-hybridized carbons (Fsp3) is 0.433. The number of fused-ring (bicyclic) bond motifs is 1. The Morgan fingerprint density at radius 2 is 1.50 bits per heavy atom. The van der Waals surface area contributed by atoms with Gasteiger partial charge >= 0.3 is 5.97 Å². The molecule has 2 N–H and O–H groups in total. The van der Waals surface area contributed by atoms with Crippen molar-refractivity contribution in [1.29, 1.82) is 0 Å². The van der Waals surface area contributed by atoms with E-state index in [0.717, 1.165) is 62.2 Å². The van der Waals surface area contributed by atoms with Gasteiger partial charge in [-0.15, -0.1) is 0 Å². The molecule has 1 unspecified atom stereocenters. The molecular weight excluding hydrogens is 545 g/mol. The second-order valence-corrected chi connectivity index (χ2v) is 11.4. The third-order valence-electron chi connectivity index (χ3n) is 8.83. The van der Waals surface area contributed by atoms with Crippen molar-refractivity contribution in [2.24, 2.45) is 5.92 Å². The zero-order valence-corrected chi connectivity index (χ0v) is 23.1. The van der Waals surface area contributed by atoms with Crippen LogP contribution < -0.4 is 15.1 Å². The van der Waals surface area contributed by atoms with E-state index in [1.807, 2.05) is 17.0 Å². The van der Waals surface area contributed by atoms with Crippen molar-refractivity contribution in [1.82, 2.24) is 15.1 Å². The highest BCUT2D eigenvalue weighted by Gasteiger charge is 2.45. The summed E-state index contributed by atoms with van der Waals surface area (Å²) in [7, 11) is 0. The van der Waals surface area contributed by atoms with Crippen molar-refractivity contribution >= 4 is 41.0 Å². The maximum Gasteiger partial charge on any atom is 0.335 e. The Morgan fingerprint density at radius 3 is 2.12 bits per heavy atom. The summed E-state index contributed by atoms with van der Waals surface area (Å²) >= 11 is 0. The number of benzene rings is 2. The lowest BCUT2D eigenvalue weighted by Crippen LogP contribution is -2.54. The monoisotopic (exact) mass is 577 g/mol. The normalized spacial score (nSPS) is 22.0. The smallest absolute Gasteiger partial charge is 0.335 e.